The summed E-state index contributed by atoms with van der Waals surface area (Å²) in [7, 11) is 1.15. The summed E-state index contributed by atoms with van der Waals surface area (Å²) in [6.45, 7) is 2.09. The van der Waals surface area contributed by atoms with E-state index in [1.54, 1.807) is 31.2 Å². The molecule has 1 aliphatic rings. The van der Waals surface area contributed by atoms with Crippen molar-refractivity contribution in [2.75, 3.05) is 24.8 Å². The molecule has 2 atom stereocenters. The molecule has 0 saturated heterocycles. The molecular weight excluding hydrogens is 593 g/mol. The van der Waals surface area contributed by atoms with E-state index in [-0.39, 0.29) is 38.1 Å². The molecule has 0 unspecified atom stereocenters. The van der Waals surface area contributed by atoms with Crippen LogP contribution >= 0.6 is 50.9 Å². The number of allylic oxidation sites excluding steroid dienone is 1. The molecule has 2 aromatic rings. The van der Waals surface area contributed by atoms with Crippen LogP contribution in [0.15, 0.2) is 51.5 Å². The lowest BCUT2D eigenvalue weighted by Gasteiger charge is -2.31. The lowest BCUT2D eigenvalue weighted by atomic mass is 9.78. The largest absolute Gasteiger partial charge is 0.491 e. The van der Waals surface area contributed by atoms with Crippen LogP contribution in [0.4, 0.5) is 5.69 Å². The SMILES string of the molecule is CCOc1c(Cl)cc([C@H]2C(C#N)=C(SCC(=O)Nc3ccc(Br)cc3)NC(=O)[C@@H]2C(=O)OC)cc1Cl. The molecule has 0 aliphatic carbocycles. The molecule has 0 saturated carbocycles. The predicted molar refractivity (Wildman–Crippen MR) is 142 cm³/mol. The minimum atomic E-state index is -1.37. The molecule has 0 radical (unpaired) electrons. The maximum Gasteiger partial charge on any atom is 0.319 e. The van der Waals surface area contributed by atoms with E-state index in [0.717, 1.165) is 23.3 Å². The Morgan fingerprint density at radius 2 is 1.86 bits per heavy atom. The van der Waals surface area contributed by atoms with E-state index in [2.05, 4.69) is 32.6 Å². The van der Waals surface area contributed by atoms with E-state index < -0.39 is 23.7 Å². The van der Waals surface area contributed by atoms with Crippen molar-refractivity contribution in [1.82, 2.24) is 5.32 Å². The van der Waals surface area contributed by atoms with E-state index in [0.29, 0.717) is 17.9 Å². The van der Waals surface area contributed by atoms with E-state index in [1.165, 1.54) is 12.1 Å². The molecule has 36 heavy (non-hydrogen) atoms. The number of ether oxygens (including phenoxy) is 2. The van der Waals surface area contributed by atoms with Gasteiger partial charge in [-0.3, -0.25) is 14.4 Å². The summed E-state index contributed by atoms with van der Waals surface area (Å²) in [5.41, 5.74) is 1.02. The molecule has 188 valence electrons. The Morgan fingerprint density at radius 3 is 2.42 bits per heavy atom. The van der Waals surface area contributed by atoms with Gasteiger partial charge in [0.15, 0.2) is 5.75 Å². The zero-order valence-corrected chi connectivity index (χ0v) is 23.0. The quantitative estimate of drug-likeness (QED) is 0.308. The van der Waals surface area contributed by atoms with Gasteiger partial charge in [-0.2, -0.15) is 5.26 Å². The van der Waals surface area contributed by atoms with E-state index in [4.69, 9.17) is 32.7 Å². The van der Waals surface area contributed by atoms with Gasteiger partial charge in [0.1, 0.15) is 5.92 Å². The highest BCUT2D eigenvalue weighted by Gasteiger charge is 2.44. The first-order valence-electron chi connectivity index (χ1n) is 10.5. The van der Waals surface area contributed by atoms with Crippen LogP contribution < -0.4 is 15.4 Å². The Balaban J connectivity index is 1.96. The summed E-state index contributed by atoms with van der Waals surface area (Å²) in [5, 5.41) is 15.8. The second kappa shape index (κ2) is 12.5. The lowest BCUT2D eigenvalue weighted by molar-refractivity contribution is -0.150. The summed E-state index contributed by atoms with van der Waals surface area (Å²) in [6, 6.07) is 12.1. The fraction of sp³-hybridized carbons (Fsp3) is 0.250. The highest BCUT2D eigenvalue weighted by Crippen LogP contribution is 2.44. The number of methoxy groups -OCH3 is 1. The van der Waals surface area contributed by atoms with E-state index in [1.807, 2.05) is 0 Å². The van der Waals surface area contributed by atoms with Gasteiger partial charge < -0.3 is 20.1 Å². The van der Waals surface area contributed by atoms with Gasteiger partial charge in [0, 0.05) is 16.1 Å². The van der Waals surface area contributed by atoms with Gasteiger partial charge >= 0.3 is 5.97 Å². The van der Waals surface area contributed by atoms with Crippen molar-refractivity contribution in [3.63, 3.8) is 0 Å². The molecule has 3 rings (SSSR count). The highest BCUT2D eigenvalue weighted by atomic mass is 79.9. The standard InChI is InChI=1S/C24H20BrCl2N3O5S/c1-3-35-21-16(26)8-12(9-17(21)27)19-15(10-28)23(30-22(32)20(19)24(33)34-2)36-11-18(31)29-14-6-4-13(25)5-7-14/h4-9,19-20H,3,11H2,1-2H3,(H,29,31)(H,30,32)/t19-,20+/m0/s1. The zero-order valence-electron chi connectivity index (χ0n) is 19.1. The first kappa shape index (κ1) is 27.9. The minimum absolute atomic E-state index is 0.0720. The number of carbonyl (C=O) groups excluding carboxylic acids is 3. The van der Waals surface area contributed by atoms with Gasteiger partial charge in [0.25, 0.3) is 0 Å². The Labute approximate surface area is 230 Å². The van der Waals surface area contributed by atoms with Crippen molar-refractivity contribution in [2.24, 2.45) is 5.92 Å². The van der Waals surface area contributed by atoms with Crippen molar-refractivity contribution < 1.29 is 23.9 Å². The van der Waals surface area contributed by atoms with Crippen LogP contribution in [0.5, 0.6) is 5.75 Å². The second-order valence-electron chi connectivity index (χ2n) is 7.41. The molecule has 2 amide bonds. The Kier molecular flexibility index (Phi) is 9.68. The van der Waals surface area contributed by atoms with Crippen molar-refractivity contribution in [3.8, 4) is 11.8 Å². The number of nitriles is 1. The number of hydrogen-bond acceptors (Lipinski definition) is 7. The van der Waals surface area contributed by atoms with Crippen molar-refractivity contribution >= 4 is 74.4 Å². The monoisotopic (exact) mass is 611 g/mol. The third-order valence-corrected chi connectivity index (χ3v) is 7.24. The number of nitrogens with one attached hydrogen (secondary N) is 2. The summed E-state index contributed by atoms with van der Waals surface area (Å²) in [6.07, 6.45) is 0. The van der Waals surface area contributed by atoms with Crippen molar-refractivity contribution in [1.29, 1.82) is 5.26 Å². The Hall–Kier alpha value is -2.71. The van der Waals surface area contributed by atoms with Crippen LogP contribution in [-0.2, 0) is 19.1 Å². The van der Waals surface area contributed by atoms with Gasteiger partial charge in [0.05, 0.1) is 46.2 Å². The van der Waals surface area contributed by atoms with Crippen molar-refractivity contribution in [2.45, 2.75) is 12.8 Å². The maximum atomic E-state index is 13.0. The second-order valence-corrected chi connectivity index (χ2v) is 10.1. The number of amides is 2. The number of carbonyl (C=O) groups is 3. The summed E-state index contributed by atoms with van der Waals surface area (Å²) < 4.78 is 11.2. The van der Waals surface area contributed by atoms with Crippen LogP contribution in [0.1, 0.15) is 18.4 Å². The maximum absolute atomic E-state index is 13.0. The van der Waals surface area contributed by atoms with Gasteiger partial charge in [-0.25, -0.2) is 0 Å². The Morgan fingerprint density at radius 1 is 1.22 bits per heavy atom. The number of benzene rings is 2. The highest BCUT2D eigenvalue weighted by molar-refractivity contribution is 9.10. The zero-order chi connectivity index (χ0) is 26.4. The fourth-order valence-electron chi connectivity index (χ4n) is 3.59. The molecule has 2 N–H and O–H groups in total. The number of anilines is 1. The van der Waals surface area contributed by atoms with Crippen LogP contribution in [0.2, 0.25) is 10.0 Å². The molecule has 0 spiro atoms. The van der Waals surface area contributed by atoms with Crippen LogP contribution in [0, 0.1) is 17.2 Å². The topological polar surface area (TPSA) is 118 Å². The van der Waals surface area contributed by atoms with Crippen molar-refractivity contribution in [3.05, 3.63) is 67.1 Å². The first-order valence-corrected chi connectivity index (χ1v) is 13.1. The lowest BCUT2D eigenvalue weighted by Crippen LogP contribution is -2.44. The molecule has 0 bridgehead atoms. The predicted octanol–water partition coefficient (Wildman–Crippen LogP) is 5.26. The smallest absolute Gasteiger partial charge is 0.319 e. The average molecular weight is 613 g/mol. The third-order valence-electron chi connectivity index (χ3n) is 5.13. The van der Waals surface area contributed by atoms with Gasteiger partial charge in [-0.05, 0) is 48.9 Å². The number of halogens is 3. The summed E-state index contributed by atoms with van der Waals surface area (Å²) >= 11 is 17.0. The normalized spacial score (nSPS) is 17.2. The van der Waals surface area contributed by atoms with Crippen LogP contribution in [0.3, 0.4) is 0 Å². The molecule has 0 aromatic heterocycles. The number of rotatable bonds is 8. The van der Waals surface area contributed by atoms with Gasteiger partial charge in [-0.1, -0.05) is 50.9 Å². The molecule has 8 nitrogen and oxygen atoms in total. The summed E-state index contributed by atoms with van der Waals surface area (Å²) in [5.74, 6) is -4.11. The third kappa shape index (κ3) is 6.34. The van der Waals surface area contributed by atoms with E-state index in [9.17, 15) is 19.6 Å². The molecular formula is C24H20BrCl2N3O5S. The molecule has 0 fully saturated rings. The fourth-order valence-corrected chi connectivity index (χ4v) is 5.31. The number of nitrogens with zero attached hydrogens (tertiary/aromatic N) is 1. The molecule has 2 aromatic carbocycles. The number of thioether (sulfide) groups is 1. The van der Waals surface area contributed by atoms with Crippen LogP contribution in [0.25, 0.3) is 0 Å². The summed E-state index contributed by atoms with van der Waals surface area (Å²) in [4.78, 5) is 38.1. The van der Waals surface area contributed by atoms with E-state index >= 15 is 0 Å². The number of esters is 1. The van der Waals surface area contributed by atoms with Gasteiger partial charge in [-0.15, -0.1) is 0 Å². The Bertz CT molecular complexity index is 1240. The van der Waals surface area contributed by atoms with Gasteiger partial charge in [0.2, 0.25) is 11.8 Å². The molecule has 1 aliphatic heterocycles. The molecule has 12 heteroatoms. The minimum Gasteiger partial charge on any atom is -0.491 e. The number of hydrogen-bond donors (Lipinski definition) is 2. The molecule has 1 heterocycles. The average Bonchev–Trinajstić information content (AvgIpc) is 2.85. The first-order chi connectivity index (χ1) is 17.2. The van der Waals surface area contributed by atoms with Crippen LogP contribution in [-0.4, -0.2) is 37.3 Å².